The Balaban J connectivity index is 1.94. The van der Waals surface area contributed by atoms with Gasteiger partial charge in [0, 0.05) is 16.7 Å². The predicted octanol–water partition coefficient (Wildman–Crippen LogP) is 4.70. The van der Waals surface area contributed by atoms with Crippen LogP contribution in [-0.4, -0.2) is 5.11 Å². The average Bonchev–Trinajstić information content (AvgIpc) is 2.92. The van der Waals surface area contributed by atoms with Gasteiger partial charge in [-0.1, -0.05) is 18.2 Å². The summed E-state index contributed by atoms with van der Waals surface area (Å²) in [7, 11) is 0. The molecule has 0 bridgehead atoms. The minimum Gasteiger partial charge on any atom is -0.466 e. The minimum atomic E-state index is -0.509. The van der Waals surface area contributed by atoms with E-state index in [1.54, 1.807) is 11.3 Å². The van der Waals surface area contributed by atoms with Gasteiger partial charge in [-0.25, -0.2) is 0 Å². The van der Waals surface area contributed by atoms with Crippen LogP contribution in [0.4, 0.5) is 0 Å². The molecule has 0 radical (unpaired) electrons. The Morgan fingerprint density at radius 2 is 1.90 bits per heavy atom. The van der Waals surface area contributed by atoms with Gasteiger partial charge in [0.2, 0.25) is 0 Å². The van der Waals surface area contributed by atoms with Crippen molar-refractivity contribution in [1.82, 2.24) is 0 Å². The molecule has 2 aromatic heterocycles. The smallest absolute Gasteiger partial charge is 0.107 e. The van der Waals surface area contributed by atoms with Gasteiger partial charge in [0.15, 0.2) is 0 Å². The molecule has 20 heavy (non-hydrogen) atoms. The standard InChI is InChI=1S/C17H18O2S/c1-10-11(2)19-12(3)17(10)15(18)8-13-9-20-16-7-5-4-6-14(13)16/h4-7,9,15,18H,8H2,1-3H3. The van der Waals surface area contributed by atoms with E-state index >= 15 is 0 Å². The number of hydrogen-bond donors (Lipinski definition) is 1. The van der Waals surface area contributed by atoms with Crippen molar-refractivity contribution >= 4 is 21.4 Å². The summed E-state index contributed by atoms with van der Waals surface area (Å²) in [6, 6.07) is 8.33. The third-order valence-corrected chi connectivity index (χ3v) is 4.94. The van der Waals surface area contributed by atoms with E-state index in [1.807, 2.05) is 32.9 Å². The Morgan fingerprint density at radius 3 is 2.60 bits per heavy atom. The van der Waals surface area contributed by atoms with Crippen molar-refractivity contribution in [3.8, 4) is 0 Å². The molecule has 2 heterocycles. The van der Waals surface area contributed by atoms with Crippen molar-refractivity contribution in [3.05, 3.63) is 57.9 Å². The Hall–Kier alpha value is -1.58. The van der Waals surface area contributed by atoms with E-state index in [-0.39, 0.29) is 0 Å². The van der Waals surface area contributed by atoms with Gasteiger partial charge in [0.1, 0.15) is 11.5 Å². The SMILES string of the molecule is Cc1oc(C)c(C(O)Cc2csc3ccccc23)c1C. The number of rotatable bonds is 3. The number of aliphatic hydroxyl groups is 1. The first-order valence-electron chi connectivity index (χ1n) is 6.77. The van der Waals surface area contributed by atoms with Crippen LogP contribution in [0.3, 0.4) is 0 Å². The lowest BCUT2D eigenvalue weighted by atomic mass is 9.98. The fraction of sp³-hybridized carbons (Fsp3) is 0.294. The Kier molecular flexibility index (Phi) is 3.40. The van der Waals surface area contributed by atoms with Gasteiger partial charge < -0.3 is 9.52 Å². The lowest BCUT2D eigenvalue weighted by Crippen LogP contribution is -2.03. The molecule has 0 saturated carbocycles. The first-order valence-corrected chi connectivity index (χ1v) is 7.65. The lowest BCUT2D eigenvalue weighted by molar-refractivity contribution is 0.176. The fourth-order valence-corrected chi connectivity index (χ4v) is 3.78. The average molecular weight is 286 g/mol. The van der Waals surface area contributed by atoms with Gasteiger partial charge in [-0.05, 0) is 48.7 Å². The Bertz CT molecular complexity index is 752. The molecule has 3 rings (SSSR count). The van der Waals surface area contributed by atoms with E-state index in [9.17, 15) is 5.11 Å². The van der Waals surface area contributed by atoms with Crippen LogP contribution in [0.1, 0.15) is 34.3 Å². The lowest BCUT2D eigenvalue weighted by Gasteiger charge is -2.10. The number of aryl methyl sites for hydroxylation is 2. The first kappa shape index (κ1) is 13.4. The molecule has 0 amide bonds. The molecular formula is C17H18O2S. The molecule has 1 atom stereocenters. The topological polar surface area (TPSA) is 33.4 Å². The van der Waals surface area contributed by atoms with Gasteiger partial charge in [-0.15, -0.1) is 11.3 Å². The molecular weight excluding hydrogens is 268 g/mol. The van der Waals surface area contributed by atoms with Crippen LogP contribution in [-0.2, 0) is 6.42 Å². The van der Waals surface area contributed by atoms with E-state index in [4.69, 9.17) is 4.42 Å². The predicted molar refractivity (Wildman–Crippen MR) is 83.4 cm³/mol. The van der Waals surface area contributed by atoms with E-state index in [1.165, 1.54) is 15.6 Å². The number of furan rings is 1. The van der Waals surface area contributed by atoms with Crippen molar-refractivity contribution in [3.63, 3.8) is 0 Å². The van der Waals surface area contributed by atoms with Crippen LogP contribution in [0.2, 0.25) is 0 Å². The molecule has 3 heteroatoms. The number of benzene rings is 1. The molecule has 1 N–H and O–H groups in total. The van der Waals surface area contributed by atoms with Gasteiger partial charge in [-0.3, -0.25) is 0 Å². The van der Waals surface area contributed by atoms with Crippen molar-refractivity contribution in [1.29, 1.82) is 0 Å². The zero-order valence-electron chi connectivity index (χ0n) is 11.9. The number of hydrogen-bond acceptors (Lipinski definition) is 3. The highest BCUT2D eigenvalue weighted by Gasteiger charge is 2.20. The molecule has 3 aromatic rings. The highest BCUT2D eigenvalue weighted by atomic mass is 32.1. The maximum atomic E-state index is 10.6. The zero-order valence-corrected chi connectivity index (χ0v) is 12.8. The Labute approximate surface area is 122 Å². The van der Waals surface area contributed by atoms with Crippen LogP contribution in [0.15, 0.2) is 34.1 Å². The third-order valence-electron chi connectivity index (χ3n) is 3.93. The summed E-state index contributed by atoms with van der Waals surface area (Å²) in [4.78, 5) is 0. The van der Waals surface area contributed by atoms with Gasteiger partial charge in [-0.2, -0.15) is 0 Å². The van der Waals surface area contributed by atoms with E-state index < -0.39 is 6.10 Å². The minimum absolute atomic E-state index is 0.509. The zero-order chi connectivity index (χ0) is 14.3. The van der Waals surface area contributed by atoms with Crippen molar-refractivity contribution in [2.24, 2.45) is 0 Å². The Morgan fingerprint density at radius 1 is 1.15 bits per heavy atom. The maximum Gasteiger partial charge on any atom is 0.107 e. The summed E-state index contributed by atoms with van der Waals surface area (Å²) in [5.41, 5.74) is 3.21. The number of aliphatic hydroxyl groups excluding tert-OH is 1. The van der Waals surface area contributed by atoms with E-state index in [0.717, 1.165) is 22.6 Å². The molecule has 0 fully saturated rings. The maximum absolute atomic E-state index is 10.6. The molecule has 0 saturated heterocycles. The van der Waals surface area contributed by atoms with Crippen molar-refractivity contribution in [2.45, 2.75) is 33.3 Å². The summed E-state index contributed by atoms with van der Waals surface area (Å²) in [5, 5.41) is 14.0. The molecule has 0 aliphatic heterocycles. The monoisotopic (exact) mass is 286 g/mol. The molecule has 2 nitrogen and oxygen atoms in total. The van der Waals surface area contributed by atoms with Crippen molar-refractivity contribution in [2.75, 3.05) is 0 Å². The summed E-state index contributed by atoms with van der Waals surface area (Å²) in [6.45, 7) is 5.87. The largest absolute Gasteiger partial charge is 0.466 e. The number of thiophene rings is 1. The molecule has 1 aromatic carbocycles. The van der Waals surface area contributed by atoms with Crippen LogP contribution in [0.5, 0.6) is 0 Å². The summed E-state index contributed by atoms with van der Waals surface area (Å²) < 4.78 is 6.89. The molecule has 0 aliphatic carbocycles. The van der Waals surface area contributed by atoms with Crippen LogP contribution in [0, 0.1) is 20.8 Å². The highest BCUT2D eigenvalue weighted by Crippen LogP contribution is 2.33. The summed E-state index contributed by atoms with van der Waals surface area (Å²) in [6.07, 6.45) is 0.121. The van der Waals surface area contributed by atoms with E-state index in [2.05, 4.69) is 17.5 Å². The van der Waals surface area contributed by atoms with Crippen LogP contribution < -0.4 is 0 Å². The molecule has 0 aliphatic rings. The fourth-order valence-electron chi connectivity index (χ4n) is 2.80. The second-order valence-corrected chi connectivity index (χ2v) is 6.14. The van der Waals surface area contributed by atoms with Crippen LogP contribution in [0.25, 0.3) is 10.1 Å². The summed E-state index contributed by atoms with van der Waals surface area (Å²) >= 11 is 1.73. The normalized spacial score (nSPS) is 13.0. The van der Waals surface area contributed by atoms with E-state index in [0.29, 0.717) is 6.42 Å². The van der Waals surface area contributed by atoms with Gasteiger partial charge in [0.25, 0.3) is 0 Å². The van der Waals surface area contributed by atoms with Gasteiger partial charge >= 0.3 is 0 Å². The molecule has 1 unspecified atom stereocenters. The third kappa shape index (κ3) is 2.17. The molecule has 104 valence electrons. The number of fused-ring (bicyclic) bond motifs is 1. The first-order chi connectivity index (χ1) is 9.58. The van der Waals surface area contributed by atoms with Crippen molar-refractivity contribution < 1.29 is 9.52 Å². The quantitative estimate of drug-likeness (QED) is 0.757. The second kappa shape index (κ2) is 5.08. The van der Waals surface area contributed by atoms with Gasteiger partial charge in [0.05, 0.1) is 6.10 Å². The molecule has 0 spiro atoms. The summed E-state index contributed by atoms with van der Waals surface area (Å²) in [5.74, 6) is 1.72. The highest BCUT2D eigenvalue weighted by molar-refractivity contribution is 7.17. The second-order valence-electron chi connectivity index (χ2n) is 5.23. The van der Waals surface area contributed by atoms with Crippen LogP contribution >= 0.6 is 11.3 Å².